The number of carboxylic acid groups (broad SMARTS) is 1. The Morgan fingerprint density at radius 2 is 2.00 bits per heavy atom. The highest BCUT2D eigenvalue weighted by molar-refractivity contribution is 7.16. The molecule has 1 aliphatic heterocycles. The van der Waals surface area contributed by atoms with Gasteiger partial charge in [-0.25, -0.2) is 14.6 Å². The Balaban J connectivity index is 2.05. The zero-order valence-electron chi connectivity index (χ0n) is 14.7. The lowest BCUT2D eigenvalue weighted by Gasteiger charge is -2.25. The highest BCUT2D eigenvalue weighted by atomic mass is 35.5. The number of amides is 1. The predicted molar refractivity (Wildman–Crippen MR) is 97.7 cm³/mol. The molecule has 1 unspecified atom stereocenters. The average Bonchev–Trinajstić information content (AvgIpc) is 2.86. The fourth-order valence-corrected chi connectivity index (χ4v) is 3.87. The van der Waals surface area contributed by atoms with Gasteiger partial charge in [0.05, 0.1) is 0 Å². The fraction of sp³-hybridized carbons (Fsp3) is 0.688. The summed E-state index contributed by atoms with van der Waals surface area (Å²) in [6, 6.07) is -1.12. The van der Waals surface area contributed by atoms with E-state index in [0.29, 0.717) is 10.0 Å². The first-order valence-corrected chi connectivity index (χ1v) is 9.47. The normalized spacial score (nSPS) is 16.4. The maximum Gasteiger partial charge on any atom is 0.408 e. The van der Waals surface area contributed by atoms with Gasteiger partial charge in [0.15, 0.2) is 5.13 Å². The minimum atomic E-state index is -1.14. The second kappa shape index (κ2) is 8.23. The largest absolute Gasteiger partial charge is 0.480 e. The summed E-state index contributed by atoms with van der Waals surface area (Å²) < 4.78 is 5.12. The zero-order chi connectivity index (χ0) is 18.6. The molecule has 25 heavy (non-hydrogen) atoms. The van der Waals surface area contributed by atoms with Crippen molar-refractivity contribution in [2.24, 2.45) is 0 Å². The van der Waals surface area contributed by atoms with Crippen LogP contribution in [0.5, 0.6) is 0 Å². The molecule has 2 rings (SSSR count). The van der Waals surface area contributed by atoms with Crippen molar-refractivity contribution in [3.05, 3.63) is 10.0 Å². The maximum atomic E-state index is 11.9. The number of nitrogens with zero attached hydrogens (tertiary/aromatic N) is 2. The van der Waals surface area contributed by atoms with E-state index in [2.05, 4.69) is 15.2 Å². The standard InChI is InChI=1S/C16H24ClN3O4S/c1-16(2,3)24-15(23)18-10(13(21)22)9-11-12(17)19-14(25-11)20-7-5-4-6-8-20/h10H,4-9H2,1-3H3,(H,18,23)(H,21,22). The molecule has 9 heteroatoms. The lowest BCUT2D eigenvalue weighted by atomic mass is 10.1. The smallest absolute Gasteiger partial charge is 0.408 e. The average molecular weight is 390 g/mol. The first-order valence-electron chi connectivity index (χ1n) is 8.28. The molecular formula is C16H24ClN3O4S. The minimum absolute atomic E-state index is 0.0684. The fourth-order valence-electron chi connectivity index (χ4n) is 2.50. The summed E-state index contributed by atoms with van der Waals surface area (Å²) in [5.74, 6) is -1.14. The number of hydrogen-bond donors (Lipinski definition) is 2. The first kappa shape index (κ1) is 19.8. The van der Waals surface area contributed by atoms with Gasteiger partial charge in [-0.2, -0.15) is 0 Å². The van der Waals surface area contributed by atoms with E-state index < -0.39 is 23.7 Å². The van der Waals surface area contributed by atoms with E-state index in [-0.39, 0.29) is 6.42 Å². The van der Waals surface area contributed by atoms with Gasteiger partial charge in [-0.1, -0.05) is 11.6 Å². The topological polar surface area (TPSA) is 91.8 Å². The molecule has 0 saturated carbocycles. The van der Waals surface area contributed by atoms with E-state index in [1.54, 1.807) is 20.8 Å². The molecule has 1 atom stereocenters. The van der Waals surface area contributed by atoms with Crippen molar-refractivity contribution in [2.45, 2.75) is 58.1 Å². The molecule has 1 saturated heterocycles. The van der Waals surface area contributed by atoms with Gasteiger partial charge in [0.25, 0.3) is 0 Å². The summed E-state index contributed by atoms with van der Waals surface area (Å²) in [7, 11) is 0. The number of thiazole rings is 1. The van der Waals surface area contributed by atoms with E-state index in [0.717, 1.165) is 31.1 Å². The van der Waals surface area contributed by atoms with Gasteiger partial charge in [0.2, 0.25) is 0 Å². The molecule has 1 aromatic rings. The number of carbonyl (C=O) groups excluding carboxylic acids is 1. The van der Waals surface area contributed by atoms with Gasteiger partial charge in [-0.3, -0.25) is 0 Å². The number of aliphatic carboxylic acids is 1. The lowest BCUT2D eigenvalue weighted by Crippen LogP contribution is -2.44. The SMILES string of the molecule is CC(C)(C)OC(=O)NC(Cc1sc(N2CCCCC2)nc1Cl)C(=O)O. The second-order valence-corrected chi connectivity index (χ2v) is 8.42. The number of hydrogen-bond acceptors (Lipinski definition) is 6. The molecule has 1 aliphatic rings. The van der Waals surface area contributed by atoms with Gasteiger partial charge >= 0.3 is 12.1 Å². The highest BCUT2D eigenvalue weighted by Crippen LogP contribution is 2.32. The Labute approximate surface area is 156 Å². The summed E-state index contributed by atoms with van der Waals surface area (Å²) in [4.78, 5) is 30.5. The van der Waals surface area contributed by atoms with Crippen LogP contribution >= 0.6 is 22.9 Å². The highest BCUT2D eigenvalue weighted by Gasteiger charge is 2.27. The Bertz CT molecular complexity index is 623. The van der Waals surface area contributed by atoms with E-state index in [4.69, 9.17) is 16.3 Å². The van der Waals surface area contributed by atoms with Gasteiger partial charge in [0.1, 0.15) is 16.8 Å². The molecule has 7 nitrogen and oxygen atoms in total. The number of piperidine rings is 1. The van der Waals surface area contributed by atoms with Crippen LogP contribution in [-0.4, -0.2) is 46.9 Å². The van der Waals surface area contributed by atoms with Crippen LogP contribution in [0, 0.1) is 0 Å². The number of nitrogens with one attached hydrogen (secondary N) is 1. The lowest BCUT2D eigenvalue weighted by molar-refractivity contribution is -0.139. The van der Waals surface area contributed by atoms with Gasteiger partial charge < -0.3 is 20.1 Å². The third-order valence-corrected chi connectivity index (χ3v) is 5.21. The number of carboxylic acids is 1. The molecule has 0 bridgehead atoms. The molecule has 2 heterocycles. The molecular weight excluding hydrogens is 366 g/mol. The number of carbonyl (C=O) groups is 2. The predicted octanol–water partition coefficient (Wildman–Crippen LogP) is 3.31. The van der Waals surface area contributed by atoms with Crippen molar-refractivity contribution < 1.29 is 19.4 Å². The number of anilines is 1. The molecule has 0 spiro atoms. The summed E-state index contributed by atoms with van der Waals surface area (Å²) in [6.07, 6.45) is 2.74. The van der Waals surface area contributed by atoms with E-state index >= 15 is 0 Å². The molecule has 0 radical (unpaired) electrons. The van der Waals surface area contributed by atoms with Crippen molar-refractivity contribution in [1.29, 1.82) is 0 Å². The van der Waals surface area contributed by atoms with Crippen LogP contribution in [0.1, 0.15) is 44.9 Å². The van der Waals surface area contributed by atoms with Crippen molar-refractivity contribution in [3.8, 4) is 0 Å². The van der Waals surface area contributed by atoms with Crippen LogP contribution < -0.4 is 10.2 Å². The summed E-state index contributed by atoms with van der Waals surface area (Å²) in [6.45, 7) is 7.01. The molecule has 0 aliphatic carbocycles. The number of alkyl carbamates (subject to hydrolysis) is 1. The minimum Gasteiger partial charge on any atom is -0.480 e. The maximum absolute atomic E-state index is 11.9. The van der Waals surface area contributed by atoms with E-state index in [1.165, 1.54) is 17.8 Å². The van der Waals surface area contributed by atoms with E-state index in [1.807, 2.05) is 0 Å². The van der Waals surface area contributed by atoms with Crippen LogP contribution in [0.15, 0.2) is 0 Å². The third-order valence-electron chi connectivity index (χ3n) is 3.64. The molecule has 2 N–H and O–H groups in total. The summed E-state index contributed by atoms with van der Waals surface area (Å²) >= 11 is 7.57. The Morgan fingerprint density at radius 3 is 2.56 bits per heavy atom. The number of halogens is 1. The third kappa shape index (κ3) is 6.04. The Hall–Kier alpha value is -1.54. The Kier molecular flexibility index (Phi) is 6.51. The van der Waals surface area contributed by atoms with E-state index in [9.17, 15) is 14.7 Å². The molecule has 1 amide bonds. The zero-order valence-corrected chi connectivity index (χ0v) is 16.2. The molecule has 1 fully saturated rings. The monoisotopic (exact) mass is 389 g/mol. The van der Waals surface area contributed by atoms with Gasteiger partial charge in [-0.15, -0.1) is 11.3 Å². The summed E-state index contributed by atoms with van der Waals surface area (Å²) in [5, 5.41) is 12.9. The number of aromatic nitrogens is 1. The number of ether oxygens (including phenoxy) is 1. The van der Waals surface area contributed by atoms with Crippen LogP contribution in [0.25, 0.3) is 0 Å². The van der Waals surface area contributed by atoms with Crippen molar-refractivity contribution in [3.63, 3.8) is 0 Å². The molecule has 140 valence electrons. The Morgan fingerprint density at radius 1 is 1.36 bits per heavy atom. The van der Waals surface area contributed by atoms with Crippen LogP contribution in [0.3, 0.4) is 0 Å². The molecule has 1 aromatic heterocycles. The molecule has 0 aromatic carbocycles. The van der Waals surface area contributed by atoms with Gasteiger partial charge in [-0.05, 0) is 40.0 Å². The van der Waals surface area contributed by atoms with Gasteiger partial charge in [0, 0.05) is 24.4 Å². The van der Waals surface area contributed by atoms with Crippen LogP contribution in [0.2, 0.25) is 5.15 Å². The summed E-state index contributed by atoms with van der Waals surface area (Å²) in [5.41, 5.74) is -0.698. The van der Waals surface area contributed by atoms with Crippen LogP contribution in [-0.2, 0) is 16.0 Å². The van der Waals surface area contributed by atoms with Crippen molar-refractivity contribution in [2.75, 3.05) is 18.0 Å². The van der Waals surface area contributed by atoms with Crippen molar-refractivity contribution >= 4 is 40.1 Å². The quantitative estimate of drug-likeness (QED) is 0.802. The number of rotatable bonds is 5. The second-order valence-electron chi connectivity index (χ2n) is 7.00. The van der Waals surface area contributed by atoms with Crippen LogP contribution in [0.4, 0.5) is 9.93 Å². The van der Waals surface area contributed by atoms with Crippen molar-refractivity contribution in [1.82, 2.24) is 10.3 Å². The first-order chi connectivity index (χ1) is 11.7.